The number of nitrogens with one attached hydrogen (secondary N) is 1. The Morgan fingerprint density at radius 3 is 2.79 bits per heavy atom. The molecule has 4 nitrogen and oxygen atoms in total. The van der Waals surface area contributed by atoms with Crippen molar-refractivity contribution >= 4 is 39.3 Å². The van der Waals surface area contributed by atoms with Crippen molar-refractivity contribution in [3.8, 4) is 0 Å². The van der Waals surface area contributed by atoms with Crippen LogP contribution in [0.2, 0.25) is 5.02 Å². The summed E-state index contributed by atoms with van der Waals surface area (Å²) >= 11 is 9.20. The first-order valence-electron chi connectivity index (χ1n) is 5.79. The molecular formula is C13H13BrClN3O. The quantitative estimate of drug-likeness (QED) is 0.911. The van der Waals surface area contributed by atoms with Crippen molar-refractivity contribution < 1.29 is 4.79 Å². The summed E-state index contributed by atoms with van der Waals surface area (Å²) in [5.74, 6) is 0.478. The molecule has 1 aromatic heterocycles. The van der Waals surface area contributed by atoms with E-state index in [1.165, 1.54) is 0 Å². The van der Waals surface area contributed by atoms with Gasteiger partial charge in [0.2, 0.25) is 0 Å². The first-order valence-corrected chi connectivity index (χ1v) is 6.96. The van der Waals surface area contributed by atoms with Crippen molar-refractivity contribution in [1.82, 2.24) is 9.78 Å². The van der Waals surface area contributed by atoms with Crippen LogP contribution in [-0.2, 0) is 0 Å². The van der Waals surface area contributed by atoms with Crippen LogP contribution in [0.3, 0.4) is 0 Å². The Morgan fingerprint density at radius 1 is 1.42 bits per heavy atom. The number of carbonyl (C=O) groups is 1. The van der Waals surface area contributed by atoms with Crippen LogP contribution in [0.1, 0.15) is 30.2 Å². The summed E-state index contributed by atoms with van der Waals surface area (Å²) in [6.45, 7) is 4.00. The maximum absolute atomic E-state index is 12.1. The molecule has 2 aromatic rings. The number of anilines is 1. The van der Waals surface area contributed by atoms with Crippen LogP contribution in [0.15, 0.2) is 34.9 Å². The Hall–Kier alpha value is -1.33. The van der Waals surface area contributed by atoms with Gasteiger partial charge < -0.3 is 5.32 Å². The third kappa shape index (κ3) is 3.16. The predicted molar refractivity (Wildman–Crippen MR) is 79.7 cm³/mol. The number of hydrogen-bond donors (Lipinski definition) is 1. The van der Waals surface area contributed by atoms with E-state index < -0.39 is 0 Å². The van der Waals surface area contributed by atoms with Crippen LogP contribution < -0.4 is 5.32 Å². The Kier molecular flexibility index (Phi) is 4.27. The monoisotopic (exact) mass is 341 g/mol. The van der Waals surface area contributed by atoms with Gasteiger partial charge in [-0.2, -0.15) is 5.10 Å². The van der Waals surface area contributed by atoms with E-state index >= 15 is 0 Å². The van der Waals surface area contributed by atoms with E-state index in [9.17, 15) is 4.79 Å². The van der Waals surface area contributed by atoms with E-state index in [2.05, 4.69) is 26.3 Å². The number of aromatic nitrogens is 2. The fraction of sp³-hybridized carbons (Fsp3) is 0.231. The minimum absolute atomic E-state index is 0.183. The number of halogens is 2. The number of benzene rings is 1. The molecule has 1 heterocycles. The summed E-state index contributed by atoms with van der Waals surface area (Å²) in [5.41, 5.74) is 0.535. The molecule has 0 saturated carbocycles. The van der Waals surface area contributed by atoms with Crippen LogP contribution in [0.5, 0.6) is 0 Å². The van der Waals surface area contributed by atoms with Gasteiger partial charge in [0.15, 0.2) is 0 Å². The summed E-state index contributed by atoms with van der Waals surface area (Å²) in [6.07, 6.45) is 1.66. The zero-order valence-electron chi connectivity index (χ0n) is 10.5. The van der Waals surface area contributed by atoms with Crippen LogP contribution in [0, 0.1) is 0 Å². The molecule has 0 aliphatic rings. The molecule has 1 N–H and O–H groups in total. The Labute approximate surface area is 124 Å². The minimum Gasteiger partial charge on any atom is -0.307 e. The number of amides is 1. The second-order valence-corrected chi connectivity index (χ2v) is 5.60. The molecule has 19 heavy (non-hydrogen) atoms. The molecule has 0 fully saturated rings. The van der Waals surface area contributed by atoms with Gasteiger partial charge in [0.25, 0.3) is 5.91 Å². The molecular weight excluding hydrogens is 330 g/mol. The van der Waals surface area contributed by atoms with Crippen molar-refractivity contribution in [3.05, 3.63) is 45.5 Å². The largest absolute Gasteiger partial charge is 0.307 e. The average molecular weight is 343 g/mol. The van der Waals surface area contributed by atoms with Gasteiger partial charge in [0, 0.05) is 22.1 Å². The number of carbonyl (C=O) groups excluding carboxylic acids is 1. The van der Waals surface area contributed by atoms with E-state index in [-0.39, 0.29) is 11.9 Å². The van der Waals surface area contributed by atoms with E-state index in [0.717, 1.165) is 0 Å². The predicted octanol–water partition coefficient (Wildman–Crippen LogP) is 4.13. The third-order valence-electron chi connectivity index (χ3n) is 2.58. The van der Waals surface area contributed by atoms with Crippen LogP contribution in [0.25, 0.3) is 0 Å². The first kappa shape index (κ1) is 14.1. The fourth-order valence-electron chi connectivity index (χ4n) is 1.65. The molecule has 2 rings (SSSR count). The van der Waals surface area contributed by atoms with Crippen molar-refractivity contribution in [3.63, 3.8) is 0 Å². The van der Waals surface area contributed by atoms with Gasteiger partial charge in [-0.1, -0.05) is 11.6 Å². The van der Waals surface area contributed by atoms with E-state index in [4.69, 9.17) is 11.6 Å². The van der Waals surface area contributed by atoms with Gasteiger partial charge in [0.1, 0.15) is 5.82 Å². The number of nitrogens with zero attached hydrogens (tertiary/aromatic N) is 2. The highest BCUT2D eigenvalue weighted by molar-refractivity contribution is 9.10. The van der Waals surface area contributed by atoms with Crippen molar-refractivity contribution in [1.29, 1.82) is 0 Å². The molecule has 100 valence electrons. The highest BCUT2D eigenvalue weighted by atomic mass is 79.9. The van der Waals surface area contributed by atoms with Crippen molar-refractivity contribution in [2.75, 3.05) is 5.32 Å². The fourth-order valence-corrected chi connectivity index (χ4v) is 2.15. The maximum Gasteiger partial charge on any atom is 0.256 e. The van der Waals surface area contributed by atoms with Gasteiger partial charge >= 0.3 is 0 Å². The second-order valence-electron chi connectivity index (χ2n) is 4.34. The topological polar surface area (TPSA) is 46.9 Å². The molecule has 0 aliphatic heterocycles. The lowest BCUT2D eigenvalue weighted by Crippen LogP contribution is -2.16. The van der Waals surface area contributed by atoms with Crippen LogP contribution >= 0.6 is 27.5 Å². The van der Waals surface area contributed by atoms with Crippen molar-refractivity contribution in [2.24, 2.45) is 0 Å². The summed E-state index contributed by atoms with van der Waals surface area (Å²) in [6, 6.07) is 7.00. The Morgan fingerprint density at radius 2 is 2.16 bits per heavy atom. The summed E-state index contributed by atoms with van der Waals surface area (Å²) < 4.78 is 2.45. The lowest BCUT2D eigenvalue weighted by Gasteiger charge is -2.12. The normalized spacial score (nSPS) is 10.8. The molecule has 0 unspecified atom stereocenters. The zero-order valence-corrected chi connectivity index (χ0v) is 12.9. The molecule has 0 saturated heterocycles. The van der Waals surface area contributed by atoms with Gasteiger partial charge in [-0.15, -0.1) is 0 Å². The standard InChI is InChI=1S/C13H13BrClN3O/c1-8(2)18-12(5-6-16-18)17-13(19)9-3-4-11(15)10(14)7-9/h3-8H,1-2H3,(H,17,19). The molecule has 1 aromatic carbocycles. The molecule has 0 atom stereocenters. The van der Waals surface area contributed by atoms with Gasteiger partial charge in [-0.3, -0.25) is 4.79 Å². The average Bonchev–Trinajstić information content (AvgIpc) is 2.80. The third-order valence-corrected chi connectivity index (χ3v) is 3.80. The molecule has 0 aliphatic carbocycles. The maximum atomic E-state index is 12.1. The molecule has 0 radical (unpaired) electrons. The highest BCUT2D eigenvalue weighted by Crippen LogP contribution is 2.24. The molecule has 0 bridgehead atoms. The van der Waals surface area contributed by atoms with E-state index in [1.807, 2.05) is 13.8 Å². The number of hydrogen-bond acceptors (Lipinski definition) is 2. The van der Waals surface area contributed by atoms with E-state index in [1.54, 1.807) is 35.1 Å². The van der Waals surface area contributed by atoms with Crippen LogP contribution in [0.4, 0.5) is 5.82 Å². The molecule has 1 amide bonds. The van der Waals surface area contributed by atoms with Crippen molar-refractivity contribution in [2.45, 2.75) is 19.9 Å². The van der Waals surface area contributed by atoms with E-state index in [0.29, 0.717) is 20.9 Å². The smallest absolute Gasteiger partial charge is 0.256 e. The minimum atomic E-state index is -0.195. The lowest BCUT2D eigenvalue weighted by atomic mass is 10.2. The Balaban J connectivity index is 2.21. The van der Waals surface area contributed by atoms with Crippen LogP contribution in [-0.4, -0.2) is 15.7 Å². The second kappa shape index (κ2) is 5.75. The highest BCUT2D eigenvalue weighted by Gasteiger charge is 2.12. The summed E-state index contributed by atoms with van der Waals surface area (Å²) in [4.78, 5) is 12.1. The molecule has 6 heteroatoms. The summed E-state index contributed by atoms with van der Waals surface area (Å²) in [5, 5.41) is 7.57. The zero-order chi connectivity index (χ0) is 14.0. The Bertz CT molecular complexity index is 610. The van der Waals surface area contributed by atoms with Gasteiger partial charge in [-0.05, 0) is 48.0 Å². The SMILES string of the molecule is CC(C)n1nccc1NC(=O)c1ccc(Cl)c(Br)c1. The lowest BCUT2D eigenvalue weighted by molar-refractivity contribution is 0.102. The summed E-state index contributed by atoms with van der Waals surface area (Å²) in [7, 11) is 0. The van der Waals surface area contributed by atoms with Gasteiger partial charge in [0.05, 0.1) is 11.2 Å². The first-order chi connectivity index (χ1) is 8.99. The number of rotatable bonds is 3. The molecule has 0 spiro atoms. The van der Waals surface area contributed by atoms with Gasteiger partial charge in [-0.25, -0.2) is 4.68 Å².